The summed E-state index contributed by atoms with van der Waals surface area (Å²) in [6, 6.07) is 5.23. The van der Waals surface area contributed by atoms with Gasteiger partial charge in [0.05, 0.1) is 11.3 Å². The number of carbonyl (C=O) groups excluding carboxylic acids is 1. The van der Waals surface area contributed by atoms with Crippen molar-refractivity contribution in [2.24, 2.45) is 0 Å². The second kappa shape index (κ2) is 9.73. The number of halogens is 1. The monoisotopic (exact) mass is 457 g/mol. The number of ketones is 1. The van der Waals surface area contributed by atoms with Crippen LogP contribution in [0, 0.1) is 11.2 Å². The summed E-state index contributed by atoms with van der Waals surface area (Å²) in [6.07, 6.45) is 6.99. The molecule has 0 unspecified atom stereocenters. The molecule has 0 saturated carbocycles. The molecule has 3 rings (SSSR count). The lowest BCUT2D eigenvalue weighted by Gasteiger charge is -2.10. The van der Waals surface area contributed by atoms with Crippen molar-refractivity contribution >= 4 is 44.3 Å². The minimum atomic E-state index is -3.60. The number of aromatic amines is 1. The largest absolute Gasteiger partial charge is 0.393 e. The molecule has 0 atom stereocenters. The number of unbranched alkanes of at least 4 members (excludes halogenated alkanes) is 1. The van der Waals surface area contributed by atoms with Crippen LogP contribution in [-0.2, 0) is 10.0 Å². The van der Waals surface area contributed by atoms with Gasteiger partial charge in [0.15, 0.2) is 5.78 Å². The van der Waals surface area contributed by atoms with E-state index in [4.69, 9.17) is 5.41 Å². The number of H-pyrrole nitrogens is 1. The van der Waals surface area contributed by atoms with Crippen molar-refractivity contribution in [3.63, 3.8) is 0 Å². The second-order valence-electron chi connectivity index (χ2n) is 7.15. The zero-order chi connectivity index (χ0) is 23.3. The number of hydrogen-bond donors (Lipinski definition) is 4. The van der Waals surface area contributed by atoms with Crippen LogP contribution in [0.4, 0.5) is 10.1 Å². The molecule has 0 amide bonds. The van der Waals surface area contributed by atoms with E-state index in [1.807, 2.05) is 6.92 Å². The van der Waals surface area contributed by atoms with E-state index >= 15 is 0 Å². The molecule has 0 radical (unpaired) electrons. The molecule has 0 aliphatic carbocycles. The summed E-state index contributed by atoms with van der Waals surface area (Å²) in [6.45, 7) is 1.88. The second-order valence-corrected chi connectivity index (χ2v) is 9.00. The van der Waals surface area contributed by atoms with E-state index in [0.29, 0.717) is 35.0 Å². The maximum Gasteiger partial charge on any atom is 0.232 e. The Balaban J connectivity index is 2.00. The molecular formula is C22H24FN5O3S. The smallest absolute Gasteiger partial charge is 0.232 e. The number of sulfonamides is 1. The zero-order valence-corrected chi connectivity index (χ0v) is 18.5. The Bertz CT molecular complexity index is 1300. The van der Waals surface area contributed by atoms with Crippen LogP contribution in [0.1, 0.15) is 41.3 Å². The molecule has 0 aliphatic rings. The number of hydrogen-bond acceptors (Lipinski definition) is 6. The minimum absolute atomic E-state index is 0.0590. The van der Waals surface area contributed by atoms with Gasteiger partial charge in [-0.1, -0.05) is 13.3 Å². The third-order valence-electron chi connectivity index (χ3n) is 4.82. The van der Waals surface area contributed by atoms with Gasteiger partial charge in [-0.3, -0.25) is 9.52 Å². The fourth-order valence-electron chi connectivity index (χ4n) is 3.19. The van der Waals surface area contributed by atoms with E-state index in [1.54, 1.807) is 25.5 Å². The Morgan fingerprint density at radius 3 is 2.75 bits per heavy atom. The number of rotatable bonds is 10. The molecule has 0 spiro atoms. The number of aromatic nitrogens is 2. The number of anilines is 1. The van der Waals surface area contributed by atoms with Crippen molar-refractivity contribution in [2.75, 3.05) is 17.5 Å². The number of benzene rings is 1. The Morgan fingerprint density at radius 1 is 1.28 bits per heavy atom. The molecule has 0 bridgehead atoms. The molecule has 1 aromatic carbocycles. The zero-order valence-electron chi connectivity index (χ0n) is 17.7. The van der Waals surface area contributed by atoms with Gasteiger partial charge in [0.25, 0.3) is 0 Å². The van der Waals surface area contributed by atoms with E-state index in [2.05, 4.69) is 20.0 Å². The van der Waals surface area contributed by atoms with Gasteiger partial charge in [0.2, 0.25) is 10.0 Å². The van der Waals surface area contributed by atoms with E-state index in [9.17, 15) is 17.6 Å². The average Bonchev–Trinajstić information content (AvgIpc) is 3.20. The van der Waals surface area contributed by atoms with Crippen molar-refractivity contribution in [1.82, 2.24) is 15.3 Å². The predicted molar refractivity (Wildman–Crippen MR) is 124 cm³/mol. The molecule has 0 saturated heterocycles. The van der Waals surface area contributed by atoms with Crippen molar-refractivity contribution in [2.45, 2.75) is 19.8 Å². The maximum absolute atomic E-state index is 14.5. The standard InChI is InChI=1S/C22H24FN5O3S/c1-3-4-7-32(30,31)28-16-5-6-20(23)18(9-16)21(29)19-13-27-22-17(19)8-14(12-26-22)15(10-24)11-25-2/h5-6,8-13,24-25,28H,3-4,7H2,1-2H3,(H,26,27)/b15-11+,24-10?. The Labute approximate surface area is 185 Å². The van der Waals surface area contributed by atoms with Crippen LogP contribution in [0.5, 0.6) is 0 Å². The van der Waals surface area contributed by atoms with Crippen LogP contribution in [0.15, 0.2) is 42.9 Å². The molecule has 2 aromatic heterocycles. The van der Waals surface area contributed by atoms with E-state index in [1.165, 1.54) is 18.3 Å². The number of carbonyl (C=O) groups is 1. The Kier molecular flexibility index (Phi) is 7.04. The van der Waals surface area contributed by atoms with Crippen molar-refractivity contribution in [3.8, 4) is 0 Å². The highest BCUT2D eigenvalue weighted by molar-refractivity contribution is 7.92. The quantitative estimate of drug-likeness (QED) is 0.273. The molecule has 0 fully saturated rings. The highest BCUT2D eigenvalue weighted by atomic mass is 32.2. The van der Waals surface area contributed by atoms with E-state index < -0.39 is 21.6 Å². The first-order valence-electron chi connectivity index (χ1n) is 9.99. The van der Waals surface area contributed by atoms with Gasteiger partial charge in [-0.2, -0.15) is 0 Å². The lowest BCUT2D eigenvalue weighted by molar-refractivity contribution is 0.103. The lowest BCUT2D eigenvalue weighted by Crippen LogP contribution is -2.17. The maximum atomic E-state index is 14.5. The number of nitrogens with zero attached hydrogens (tertiary/aromatic N) is 1. The number of pyridine rings is 1. The molecule has 0 aliphatic heterocycles. The molecular weight excluding hydrogens is 433 g/mol. The fourth-order valence-corrected chi connectivity index (χ4v) is 4.44. The van der Waals surface area contributed by atoms with Gasteiger partial charge >= 0.3 is 0 Å². The highest BCUT2D eigenvalue weighted by Gasteiger charge is 2.20. The summed E-state index contributed by atoms with van der Waals surface area (Å²) < 4.78 is 41.3. The summed E-state index contributed by atoms with van der Waals surface area (Å²) in [4.78, 5) is 20.3. The Hall–Kier alpha value is -3.53. The van der Waals surface area contributed by atoms with Crippen LogP contribution in [-0.4, -0.2) is 43.2 Å². The number of fused-ring (bicyclic) bond motifs is 1. The van der Waals surface area contributed by atoms with Crippen molar-refractivity contribution < 1.29 is 17.6 Å². The molecule has 32 heavy (non-hydrogen) atoms. The van der Waals surface area contributed by atoms with Gasteiger partial charge < -0.3 is 15.7 Å². The summed E-state index contributed by atoms with van der Waals surface area (Å²) in [5.41, 5.74) is 1.64. The molecule has 3 aromatic rings. The molecule has 168 valence electrons. The predicted octanol–water partition coefficient (Wildman–Crippen LogP) is 3.68. The van der Waals surface area contributed by atoms with Gasteiger partial charge in [0.1, 0.15) is 11.5 Å². The molecule has 4 N–H and O–H groups in total. The van der Waals surface area contributed by atoms with Crippen LogP contribution in [0.25, 0.3) is 16.6 Å². The van der Waals surface area contributed by atoms with Gasteiger partial charge in [0, 0.05) is 59.6 Å². The number of allylic oxidation sites excluding steroid dienone is 1. The molecule has 10 heteroatoms. The topological polar surface area (TPSA) is 128 Å². The first-order valence-corrected chi connectivity index (χ1v) is 11.6. The van der Waals surface area contributed by atoms with E-state index in [-0.39, 0.29) is 22.6 Å². The van der Waals surface area contributed by atoms with Gasteiger partial charge in [-0.05, 0) is 30.7 Å². The summed E-state index contributed by atoms with van der Waals surface area (Å²) in [5.74, 6) is -1.44. The van der Waals surface area contributed by atoms with Crippen LogP contribution >= 0.6 is 0 Å². The summed E-state index contributed by atoms with van der Waals surface area (Å²) >= 11 is 0. The third-order valence-corrected chi connectivity index (χ3v) is 6.19. The van der Waals surface area contributed by atoms with Gasteiger partial charge in [-0.25, -0.2) is 17.8 Å². The average molecular weight is 458 g/mol. The molecule has 2 heterocycles. The first-order chi connectivity index (χ1) is 15.3. The first kappa shape index (κ1) is 23.1. The minimum Gasteiger partial charge on any atom is -0.393 e. The Morgan fingerprint density at radius 2 is 2.06 bits per heavy atom. The normalized spacial score (nSPS) is 12.0. The van der Waals surface area contributed by atoms with Crippen LogP contribution in [0.3, 0.4) is 0 Å². The van der Waals surface area contributed by atoms with E-state index in [0.717, 1.165) is 12.3 Å². The third kappa shape index (κ3) is 5.02. The SMILES string of the molecule is CCCCS(=O)(=O)Nc1ccc(F)c(C(=O)c2c[nH]c3ncc(/C(C=N)=C/NC)cc23)c1. The van der Waals surface area contributed by atoms with Gasteiger partial charge in [-0.15, -0.1) is 0 Å². The summed E-state index contributed by atoms with van der Waals surface area (Å²) in [5, 5.41) is 10.9. The van der Waals surface area contributed by atoms with Crippen LogP contribution < -0.4 is 10.0 Å². The van der Waals surface area contributed by atoms with Crippen molar-refractivity contribution in [3.05, 3.63) is 65.4 Å². The highest BCUT2D eigenvalue weighted by Crippen LogP contribution is 2.26. The van der Waals surface area contributed by atoms with Crippen molar-refractivity contribution in [1.29, 1.82) is 5.41 Å². The number of nitrogens with one attached hydrogen (secondary N) is 4. The lowest BCUT2D eigenvalue weighted by atomic mass is 10.0. The fraction of sp³-hybridized carbons (Fsp3) is 0.227. The molecule has 8 nitrogen and oxygen atoms in total. The summed E-state index contributed by atoms with van der Waals surface area (Å²) in [7, 11) is -1.90. The van der Waals surface area contributed by atoms with Crippen LogP contribution in [0.2, 0.25) is 0 Å².